The molecule has 10 heteroatoms. The number of hydrogen-bond donors (Lipinski definition) is 2. The first kappa shape index (κ1) is 28.9. The van der Waals surface area contributed by atoms with Crippen LogP contribution in [0.5, 0.6) is 5.88 Å². The van der Waals surface area contributed by atoms with Gasteiger partial charge in [-0.05, 0) is 37.1 Å². The van der Waals surface area contributed by atoms with E-state index in [0.717, 1.165) is 12.0 Å². The van der Waals surface area contributed by atoms with Crippen LogP contribution in [0.1, 0.15) is 47.9 Å². The summed E-state index contributed by atoms with van der Waals surface area (Å²) in [6.45, 7) is 6.79. The molecule has 2 heterocycles. The van der Waals surface area contributed by atoms with Gasteiger partial charge in [-0.15, -0.1) is 0 Å². The number of fused-ring (bicyclic) bond motifs is 1. The third-order valence-corrected chi connectivity index (χ3v) is 6.72. The standard InChI is InChI=1S/C28H39N5O5/c1-7-12-29-28(37)32(6)16-24-18(2)15-33(19(3)17-34)27(36)23-13-22(14-30-25(23)38-24)20-8-10-21(11-9-20)26(35)31(4)5/h8-11,13-14,18-19,24,34H,7,12,15-17H2,1-6H3,(H,29,37)/t18-,19+,24-/m1/s1. The SMILES string of the molecule is CCCNC(=O)N(C)C[C@H]1Oc2ncc(-c3ccc(C(=O)N(C)C)cc3)cc2C(=O)N([C@@H](C)CO)C[C@H]1C. The van der Waals surface area contributed by atoms with Crippen LogP contribution >= 0.6 is 0 Å². The number of benzene rings is 1. The molecule has 0 spiro atoms. The van der Waals surface area contributed by atoms with Crippen molar-refractivity contribution in [2.24, 2.45) is 5.92 Å². The van der Waals surface area contributed by atoms with E-state index in [1.807, 2.05) is 26.0 Å². The molecular formula is C28H39N5O5. The smallest absolute Gasteiger partial charge is 0.317 e. The van der Waals surface area contributed by atoms with Crippen molar-refractivity contribution >= 4 is 17.8 Å². The van der Waals surface area contributed by atoms with Crippen molar-refractivity contribution in [1.82, 2.24) is 25.0 Å². The van der Waals surface area contributed by atoms with Gasteiger partial charge >= 0.3 is 6.03 Å². The maximum Gasteiger partial charge on any atom is 0.317 e. The largest absolute Gasteiger partial charge is 0.472 e. The molecule has 0 saturated heterocycles. The minimum atomic E-state index is -0.428. The van der Waals surface area contributed by atoms with Crippen molar-refractivity contribution in [2.45, 2.75) is 39.3 Å². The molecule has 4 amide bonds. The lowest BCUT2D eigenvalue weighted by atomic mass is 9.99. The van der Waals surface area contributed by atoms with Gasteiger partial charge in [0.1, 0.15) is 11.7 Å². The van der Waals surface area contributed by atoms with Crippen LogP contribution in [0.15, 0.2) is 36.5 Å². The molecule has 1 aromatic heterocycles. The highest BCUT2D eigenvalue weighted by molar-refractivity contribution is 5.98. The molecule has 38 heavy (non-hydrogen) atoms. The highest BCUT2D eigenvalue weighted by atomic mass is 16.5. The molecule has 3 rings (SSSR count). The maximum absolute atomic E-state index is 13.7. The van der Waals surface area contributed by atoms with Gasteiger partial charge in [-0.2, -0.15) is 0 Å². The summed E-state index contributed by atoms with van der Waals surface area (Å²) in [5.41, 5.74) is 2.34. The van der Waals surface area contributed by atoms with Gasteiger partial charge in [-0.3, -0.25) is 9.59 Å². The molecule has 2 N–H and O–H groups in total. The molecule has 0 bridgehead atoms. The molecule has 1 aliphatic rings. The average molecular weight is 526 g/mol. The van der Waals surface area contributed by atoms with E-state index in [9.17, 15) is 19.5 Å². The summed E-state index contributed by atoms with van der Waals surface area (Å²) in [6, 6.07) is 8.24. The Hall–Kier alpha value is -3.66. The minimum absolute atomic E-state index is 0.0985. The maximum atomic E-state index is 13.7. The number of amides is 4. The summed E-state index contributed by atoms with van der Waals surface area (Å²) >= 11 is 0. The first-order valence-electron chi connectivity index (χ1n) is 13.0. The first-order chi connectivity index (χ1) is 18.1. The second-order valence-electron chi connectivity index (χ2n) is 10.1. The lowest BCUT2D eigenvalue weighted by Crippen LogP contribution is -2.51. The lowest BCUT2D eigenvalue weighted by molar-refractivity contribution is 0.0352. The monoisotopic (exact) mass is 525 g/mol. The Morgan fingerprint density at radius 3 is 2.50 bits per heavy atom. The molecule has 0 fully saturated rings. The van der Waals surface area contributed by atoms with E-state index in [-0.39, 0.29) is 41.8 Å². The third kappa shape index (κ3) is 6.61. The number of aliphatic hydroxyl groups excluding tert-OH is 1. The zero-order valence-electron chi connectivity index (χ0n) is 23.1. The summed E-state index contributed by atoms with van der Waals surface area (Å²) in [7, 11) is 5.11. The quantitative estimate of drug-likeness (QED) is 0.548. The third-order valence-electron chi connectivity index (χ3n) is 6.72. The topological polar surface area (TPSA) is 115 Å². The van der Waals surface area contributed by atoms with Gasteiger partial charge in [0.05, 0.1) is 19.2 Å². The summed E-state index contributed by atoms with van der Waals surface area (Å²) < 4.78 is 6.28. The van der Waals surface area contributed by atoms with Crippen molar-refractivity contribution in [2.75, 3.05) is 47.4 Å². The Kier molecular flexibility index (Phi) is 9.68. The van der Waals surface area contributed by atoms with Crippen molar-refractivity contribution in [3.05, 3.63) is 47.7 Å². The van der Waals surface area contributed by atoms with E-state index in [2.05, 4.69) is 10.3 Å². The number of carbonyl (C=O) groups is 3. The zero-order valence-corrected chi connectivity index (χ0v) is 23.1. The van der Waals surface area contributed by atoms with Crippen molar-refractivity contribution in [3.8, 4) is 17.0 Å². The fourth-order valence-electron chi connectivity index (χ4n) is 4.26. The number of carbonyl (C=O) groups excluding carboxylic acids is 3. The lowest BCUT2D eigenvalue weighted by Gasteiger charge is -2.37. The number of pyridine rings is 1. The van der Waals surface area contributed by atoms with Gasteiger partial charge in [-0.25, -0.2) is 9.78 Å². The van der Waals surface area contributed by atoms with E-state index < -0.39 is 12.1 Å². The summed E-state index contributed by atoms with van der Waals surface area (Å²) in [5.74, 6) is -0.328. The van der Waals surface area contributed by atoms with E-state index in [4.69, 9.17) is 4.74 Å². The molecule has 1 aliphatic heterocycles. The Morgan fingerprint density at radius 2 is 1.89 bits per heavy atom. The van der Waals surface area contributed by atoms with Crippen LogP contribution in [0.25, 0.3) is 11.1 Å². The second-order valence-corrected chi connectivity index (χ2v) is 10.1. The number of ether oxygens (including phenoxy) is 1. The molecule has 0 aliphatic carbocycles. The molecule has 0 unspecified atom stereocenters. The van der Waals surface area contributed by atoms with Gasteiger partial charge in [0, 0.05) is 57.5 Å². The molecule has 206 valence electrons. The van der Waals surface area contributed by atoms with Crippen molar-refractivity contribution in [3.63, 3.8) is 0 Å². The van der Waals surface area contributed by atoms with Crippen LogP contribution in [0, 0.1) is 5.92 Å². The Morgan fingerprint density at radius 1 is 1.21 bits per heavy atom. The first-order valence-corrected chi connectivity index (χ1v) is 13.0. The summed E-state index contributed by atoms with van der Waals surface area (Å²) in [5, 5.41) is 12.7. The number of nitrogens with zero attached hydrogens (tertiary/aromatic N) is 4. The van der Waals surface area contributed by atoms with Gasteiger partial charge in [-0.1, -0.05) is 26.0 Å². The Balaban J connectivity index is 1.96. The van der Waals surface area contributed by atoms with E-state index >= 15 is 0 Å². The molecule has 0 radical (unpaired) electrons. The van der Waals surface area contributed by atoms with E-state index in [0.29, 0.717) is 30.8 Å². The number of rotatable bonds is 8. The highest BCUT2D eigenvalue weighted by Crippen LogP contribution is 2.30. The fourth-order valence-corrected chi connectivity index (χ4v) is 4.26. The number of likely N-dealkylation sites (N-methyl/N-ethyl adjacent to an activating group) is 1. The van der Waals surface area contributed by atoms with Crippen LogP contribution in [0.4, 0.5) is 4.79 Å². The number of aliphatic hydroxyl groups is 1. The zero-order chi connectivity index (χ0) is 28.0. The number of aromatic nitrogens is 1. The number of hydrogen-bond acceptors (Lipinski definition) is 6. The Bertz CT molecular complexity index is 1140. The average Bonchev–Trinajstić information content (AvgIpc) is 2.92. The molecule has 10 nitrogen and oxygen atoms in total. The van der Waals surface area contributed by atoms with Crippen LogP contribution < -0.4 is 10.1 Å². The molecular weight excluding hydrogens is 486 g/mol. The summed E-state index contributed by atoms with van der Waals surface area (Å²) in [6.07, 6.45) is 2.04. The van der Waals surface area contributed by atoms with Crippen LogP contribution in [-0.2, 0) is 0 Å². The predicted molar refractivity (Wildman–Crippen MR) is 145 cm³/mol. The fraction of sp³-hybridized carbons (Fsp3) is 0.500. The van der Waals surface area contributed by atoms with Gasteiger partial charge in [0.15, 0.2) is 0 Å². The van der Waals surface area contributed by atoms with Crippen molar-refractivity contribution in [1.29, 1.82) is 0 Å². The van der Waals surface area contributed by atoms with Crippen molar-refractivity contribution < 1.29 is 24.2 Å². The number of nitrogens with one attached hydrogen (secondary N) is 1. The Labute approximate surface area is 224 Å². The normalized spacial score (nSPS) is 18.0. The minimum Gasteiger partial charge on any atom is -0.472 e. The molecule has 3 atom stereocenters. The van der Waals surface area contributed by atoms with E-state index in [1.165, 1.54) is 4.90 Å². The summed E-state index contributed by atoms with van der Waals surface area (Å²) in [4.78, 5) is 47.6. The number of urea groups is 1. The highest BCUT2D eigenvalue weighted by Gasteiger charge is 2.34. The molecule has 1 aromatic carbocycles. The van der Waals surface area contributed by atoms with E-state index in [1.54, 1.807) is 62.3 Å². The van der Waals surface area contributed by atoms with Crippen LogP contribution in [0.3, 0.4) is 0 Å². The van der Waals surface area contributed by atoms with Gasteiger partial charge in [0.2, 0.25) is 5.88 Å². The van der Waals surface area contributed by atoms with Gasteiger partial charge < -0.3 is 29.9 Å². The van der Waals surface area contributed by atoms with Gasteiger partial charge in [0.25, 0.3) is 11.8 Å². The molecule has 2 aromatic rings. The molecule has 0 saturated carbocycles. The van der Waals surface area contributed by atoms with Crippen LogP contribution in [0.2, 0.25) is 0 Å². The second kappa shape index (κ2) is 12.7. The van der Waals surface area contributed by atoms with Crippen LogP contribution in [-0.4, -0.2) is 102 Å². The predicted octanol–water partition coefficient (Wildman–Crippen LogP) is 2.72.